The normalized spacial score (nSPS) is 11.8. The van der Waals surface area contributed by atoms with Gasteiger partial charge in [-0.3, -0.25) is 0 Å². The summed E-state index contributed by atoms with van der Waals surface area (Å²) in [6.07, 6.45) is 1.11. The van der Waals surface area contributed by atoms with E-state index < -0.39 is 0 Å². The van der Waals surface area contributed by atoms with Crippen LogP contribution in [0.1, 0.15) is 37.3 Å². The van der Waals surface area contributed by atoms with Gasteiger partial charge in [0.1, 0.15) is 0 Å². The van der Waals surface area contributed by atoms with Crippen LogP contribution < -0.4 is 5.32 Å². The Morgan fingerprint density at radius 2 is 1.74 bits per heavy atom. The van der Waals surface area contributed by atoms with E-state index in [9.17, 15) is 4.79 Å². The molecule has 4 heteroatoms. The molecule has 122 valence electrons. The lowest BCUT2D eigenvalue weighted by Crippen LogP contribution is -2.30. The van der Waals surface area contributed by atoms with Crippen LogP contribution in [0.3, 0.4) is 0 Å². The monoisotopic (exact) mass is 374 g/mol. The second kappa shape index (κ2) is 8.16. The fourth-order valence-corrected chi connectivity index (χ4v) is 2.55. The Bertz CT molecular complexity index is 637. The van der Waals surface area contributed by atoms with Crippen molar-refractivity contribution in [2.24, 2.45) is 0 Å². The second-order valence-electron chi connectivity index (χ2n) is 5.84. The van der Waals surface area contributed by atoms with E-state index in [0.717, 1.165) is 22.1 Å². The summed E-state index contributed by atoms with van der Waals surface area (Å²) in [5.41, 5.74) is 3.22. The van der Waals surface area contributed by atoms with Gasteiger partial charge >= 0.3 is 6.03 Å². The molecule has 0 unspecified atom stereocenters. The van der Waals surface area contributed by atoms with Crippen molar-refractivity contribution in [1.82, 2.24) is 4.90 Å². The molecule has 2 rings (SSSR count). The van der Waals surface area contributed by atoms with Crippen LogP contribution in [-0.4, -0.2) is 18.0 Å². The van der Waals surface area contributed by atoms with Crippen LogP contribution >= 0.6 is 15.9 Å². The van der Waals surface area contributed by atoms with E-state index in [1.165, 1.54) is 5.56 Å². The van der Waals surface area contributed by atoms with Crippen LogP contribution in [0.5, 0.6) is 0 Å². The molecule has 2 amide bonds. The smallest absolute Gasteiger partial charge is 0.321 e. The van der Waals surface area contributed by atoms with Gasteiger partial charge in [0.05, 0.1) is 0 Å². The molecule has 1 atom stereocenters. The average Bonchev–Trinajstić information content (AvgIpc) is 2.56. The van der Waals surface area contributed by atoms with Crippen molar-refractivity contribution in [3.63, 3.8) is 0 Å². The molecule has 0 saturated carbocycles. The van der Waals surface area contributed by atoms with E-state index in [1.807, 2.05) is 36.4 Å². The first kappa shape index (κ1) is 17.5. The molecular weight excluding hydrogens is 352 g/mol. The molecule has 0 heterocycles. The number of nitrogens with zero attached hydrogens (tertiary/aromatic N) is 1. The molecule has 23 heavy (non-hydrogen) atoms. The van der Waals surface area contributed by atoms with Gasteiger partial charge in [0.2, 0.25) is 0 Å². The lowest BCUT2D eigenvalue weighted by Gasteiger charge is -2.18. The predicted molar refractivity (Wildman–Crippen MR) is 99.8 cm³/mol. The second-order valence-corrected chi connectivity index (χ2v) is 6.76. The van der Waals surface area contributed by atoms with Gasteiger partial charge in [-0.1, -0.05) is 54.0 Å². The Morgan fingerprint density at radius 1 is 1.13 bits per heavy atom. The van der Waals surface area contributed by atoms with E-state index in [4.69, 9.17) is 0 Å². The molecule has 0 aliphatic rings. The standard InChI is InChI=1S/C19H23BrN2O/c1-4-14(2)16-7-11-18(12-8-16)21-19(23)22(3)13-15-5-9-17(20)10-6-15/h5-12,14H,4,13H2,1-3H3,(H,21,23)/t14-/m0/s1. The van der Waals surface area contributed by atoms with Crippen LogP contribution in [0.25, 0.3) is 0 Å². The Hall–Kier alpha value is -1.81. The maximum Gasteiger partial charge on any atom is 0.321 e. The summed E-state index contributed by atoms with van der Waals surface area (Å²) in [5, 5.41) is 2.94. The Balaban J connectivity index is 1.93. The molecule has 0 saturated heterocycles. The molecule has 0 aromatic heterocycles. The molecule has 0 radical (unpaired) electrons. The minimum Gasteiger partial charge on any atom is -0.323 e. The maximum atomic E-state index is 12.3. The van der Waals surface area contributed by atoms with Crippen molar-refractivity contribution in [2.45, 2.75) is 32.7 Å². The number of halogens is 1. The zero-order valence-electron chi connectivity index (χ0n) is 13.8. The third-order valence-electron chi connectivity index (χ3n) is 4.02. The zero-order valence-corrected chi connectivity index (χ0v) is 15.4. The van der Waals surface area contributed by atoms with E-state index in [0.29, 0.717) is 12.5 Å². The highest BCUT2D eigenvalue weighted by Gasteiger charge is 2.10. The summed E-state index contributed by atoms with van der Waals surface area (Å²) in [6.45, 7) is 4.96. The summed E-state index contributed by atoms with van der Waals surface area (Å²) < 4.78 is 1.04. The third-order valence-corrected chi connectivity index (χ3v) is 4.55. The lowest BCUT2D eigenvalue weighted by atomic mass is 9.99. The molecule has 2 aromatic rings. The molecule has 0 bridgehead atoms. The van der Waals surface area contributed by atoms with Crippen molar-refractivity contribution in [3.8, 4) is 0 Å². The molecule has 2 aromatic carbocycles. The van der Waals surface area contributed by atoms with Gasteiger partial charge in [0, 0.05) is 23.8 Å². The number of rotatable bonds is 5. The number of hydrogen-bond donors (Lipinski definition) is 1. The molecule has 3 nitrogen and oxygen atoms in total. The molecule has 0 aliphatic heterocycles. The van der Waals surface area contributed by atoms with E-state index in [-0.39, 0.29) is 6.03 Å². The number of nitrogens with one attached hydrogen (secondary N) is 1. The van der Waals surface area contributed by atoms with Gasteiger partial charge in [0.15, 0.2) is 0 Å². The molecule has 0 fully saturated rings. The summed E-state index contributed by atoms with van der Waals surface area (Å²) in [4.78, 5) is 13.9. The lowest BCUT2D eigenvalue weighted by molar-refractivity contribution is 0.220. The van der Waals surface area contributed by atoms with E-state index >= 15 is 0 Å². The minimum atomic E-state index is -0.107. The molecular formula is C19H23BrN2O. The third kappa shape index (κ3) is 5.10. The van der Waals surface area contributed by atoms with Crippen molar-refractivity contribution in [2.75, 3.05) is 12.4 Å². The summed E-state index contributed by atoms with van der Waals surface area (Å²) in [5.74, 6) is 0.542. The number of carbonyl (C=O) groups is 1. The summed E-state index contributed by atoms with van der Waals surface area (Å²) >= 11 is 3.41. The Labute approximate surface area is 146 Å². The van der Waals surface area contributed by atoms with Crippen molar-refractivity contribution < 1.29 is 4.79 Å². The van der Waals surface area contributed by atoms with E-state index in [1.54, 1.807) is 11.9 Å². The molecule has 1 N–H and O–H groups in total. The van der Waals surface area contributed by atoms with Crippen LogP contribution in [-0.2, 0) is 6.54 Å². The molecule has 0 aliphatic carbocycles. The number of carbonyl (C=O) groups excluding carboxylic acids is 1. The van der Waals surface area contributed by atoms with Gasteiger partial charge in [0.25, 0.3) is 0 Å². The topological polar surface area (TPSA) is 32.3 Å². The average molecular weight is 375 g/mol. The summed E-state index contributed by atoms with van der Waals surface area (Å²) in [7, 11) is 1.80. The summed E-state index contributed by atoms with van der Waals surface area (Å²) in [6, 6.07) is 16.0. The van der Waals surface area contributed by atoms with Gasteiger partial charge in [-0.25, -0.2) is 4.79 Å². The Kier molecular flexibility index (Phi) is 6.22. The van der Waals surface area contributed by atoms with Crippen molar-refractivity contribution >= 4 is 27.6 Å². The van der Waals surface area contributed by atoms with Crippen molar-refractivity contribution in [1.29, 1.82) is 0 Å². The van der Waals surface area contributed by atoms with Gasteiger partial charge in [-0.05, 0) is 47.7 Å². The quantitative estimate of drug-likeness (QED) is 0.722. The number of hydrogen-bond acceptors (Lipinski definition) is 1. The highest BCUT2D eigenvalue weighted by atomic mass is 79.9. The number of amides is 2. The number of urea groups is 1. The maximum absolute atomic E-state index is 12.3. The van der Waals surface area contributed by atoms with Gasteiger partial charge in [-0.15, -0.1) is 0 Å². The highest BCUT2D eigenvalue weighted by molar-refractivity contribution is 9.10. The predicted octanol–water partition coefficient (Wildman–Crippen LogP) is 5.63. The highest BCUT2D eigenvalue weighted by Crippen LogP contribution is 2.20. The first-order chi connectivity index (χ1) is 11.0. The molecule has 0 spiro atoms. The first-order valence-electron chi connectivity index (χ1n) is 7.86. The van der Waals surface area contributed by atoms with Crippen LogP contribution in [0.2, 0.25) is 0 Å². The van der Waals surface area contributed by atoms with E-state index in [2.05, 4.69) is 47.2 Å². The van der Waals surface area contributed by atoms with Crippen LogP contribution in [0.4, 0.5) is 10.5 Å². The zero-order chi connectivity index (χ0) is 16.8. The van der Waals surface area contributed by atoms with Crippen LogP contribution in [0.15, 0.2) is 53.0 Å². The minimum absolute atomic E-state index is 0.107. The fourth-order valence-electron chi connectivity index (χ4n) is 2.29. The number of anilines is 1. The SMILES string of the molecule is CC[C@H](C)c1ccc(NC(=O)N(C)Cc2ccc(Br)cc2)cc1. The Morgan fingerprint density at radius 3 is 2.30 bits per heavy atom. The van der Waals surface area contributed by atoms with Gasteiger partial charge < -0.3 is 10.2 Å². The van der Waals surface area contributed by atoms with Gasteiger partial charge in [-0.2, -0.15) is 0 Å². The van der Waals surface area contributed by atoms with Crippen LogP contribution in [0, 0.1) is 0 Å². The number of benzene rings is 2. The first-order valence-corrected chi connectivity index (χ1v) is 8.65. The largest absolute Gasteiger partial charge is 0.323 e. The van der Waals surface area contributed by atoms with Crippen molar-refractivity contribution in [3.05, 3.63) is 64.1 Å². The fraction of sp³-hybridized carbons (Fsp3) is 0.316.